The molecule has 2 heterocycles. The van der Waals surface area contributed by atoms with E-state index in [1.54, 1.807) is 13.2 Å². The Hall–Kier alpha value is -3.39. The number of nitrogens with zero attached hydrogens (tertiary/aromatic N) is 3. The molecule has 0 bridgehead atoms. The van der Waals surface area contributed by atoms with Gasteiger partial charge >= 0.3 is 0 Å². The van der Waals surface area contributed by atoms with Gasteiger partial charge in [-0.25, -0.2) is 0 Å². The third kappa shape index (κ3) is 4.18. The second-order valence-electron chi connectivity index (χ2n) is 8.07. The molecular weight excluding hydrogens is 428 g/mol. The topological polar surface area (TPSA) is 119 Å². The zero-order valence-electron chi connectivity index (χ0n) is 17.8. The van der Waals surface area contributed by atoms with E-state index in [2.05, 4.69) is 27.2 Å². The van der Waals surface area contributed by atoms with Crippen LogP contribution >= 0.6 is 11.6 Å². The molecule has 2 amide bonds. The summed E-state index contributed by atoms with van der Waals surface area (Å²) in [6, 6.07) is 7.66. The summed E-state index contributed by atoms with van der Waals surface area (Å²) in [6.07, 6.45) is 6.65. The lowest BCUT2D eigenvalue weighted by Crippen LogP contribution is -2.33. The van der Waals surface area contributed by atoms with Gasteiger partial charge in [0, 0.05) is 29.7 Å². The molecule has 166 valence electrons. The minimum atomic E-state index is -0.644. The first-order valence-electron chi connectivity index (χ1n) is 10.5. The van der Waals surface area contributed by atoms with Crippen LogP contribution in [0.3, 0.4) is 0 Å². The van der Waals surface area contributed by atoms with Gasteiger partial charge in [0.25, 0.3) is 5.91 Å². The van der Waals surface area contributed by atoms with E-state index >= 15 is 0 Å². The average molecular weight is 453 g/mol. The highest BCUT2D eigenvalue weighted by Gasteiger charge is 2.34. The van der Waals surface area contributed by atoms with Crippen LogP contribution in [-0.2, 0) is 11.8 Å². The maximum atomic E-state index is 13.2. The standard InChI is InChI=1S/C23H25ClN6O2/c1-13(16-8-7-14(11-18(16)24)19-9-10-26-29-19)15-5-3-4-6-17(15)23(32)28-20-12-27-30(2)21(20)22(25)31/h7-12,15,17H,1,3-6H2,2H3,(H2,25,31)(H,26,29)(H,28,32). The van der Waals surface area contributed by atoms with Gasteiger partial charge in [0.1, 0.15) is 5.69 Å². The van der Waals surface area contributed by atoms with Crippen molar-refractivity contribution >= 4 is 34.7 Å². The number of anilines is 1. The number of benzene rings is 1. The summed E-state index contributed by atoms with van der Waals surface area (Å²) in [5, 5.41) is 14.4. The largest absolute Gasteiger partial charge is 0.364 e. The van der Waals surface area contributed by atoms with E-state index in [0.29, 0.717) is 10.7 Å². The van der Waals surface area contributed by atoms with Crippen LogP contribution < -0.4 is 11.1 Å². The van der Waals surface area contributed by atoms with Gasteiger partial charge in [0.15, 0.2) is 0 Å². The molecule has 32 heavy (non-hydrogen) atoms. The molecule has 0 radical (unpaired) electrons. The number of primary amides is 1. The SMILES string of the molecule is C=C(c1ccc(-c2ccn[nH]2)cc1Cl)C1CCCCC1C(=O)Nc1cnn(C)c1C(N)=O. The average Bonchev–Trinajstić information content (AvgIpc) is 3.43. The third-order valence-corrected chi connectivity index (χ3v) is 6.42. The number of carbonyl (C=O) groups is 2. The van der Waals surface area contributed by atoms with Crippen LogP contribution in [0.2, 0.25) is 5.02 Å². The predicted octanol–water partition coefficient (Wildman–Crippen LogP) is 4.02. The summed E-state index contributed by atoms with van der Waals surface area (Å²) in [5.41, 5.74) is 9.41. The Kier molecular flexibility index (Phi) is 6.14. The number of aromatic nitrogens is 4. The third-order valence-electron chi connectivity index (χ3n) is 6.11. The summed E-state index contributed by atoms with van der Waals surface area (Å²) < 4.78 is 1.36. The number of nitrogens with one attached hydrogen (secondary N) is 2. The van der Waals surface area contributed by atoms with Gasteiger partial charge in [-0.05, 0) is 42.0 Å². The lowest BCUT2D eigenvalue weighted by Gasteiger charge is -2.32. The van der Waals surface area contributed by atoms with Gasteiger partial charge in [-0.2, -0.15) is 10.2 Å². The molecule has 4 rings (SSSR count). The fraction of sp³-hybridized carbons (Fsp3) is 0.304. The Bertz CT molecular complexity index is 1170. The maximum Gasteiger partial charge on any atom is 0.269 e. The van der Waals surface area contributed by atoms with E-state index in [1.807, 2.05) is 24.3 Å². The van der Waals surface area contributed by atoms with Gasteiger partial charge < -0.3 is 11.1 Å². The molecule has 1 aliphatic rings. The fourth-order valence-corrected chi connectivity index (χ4v) is 4.77. The molecular formula is C23H25ClN6O2. The molecule has 2 unspecified atom stereocenters. The normalized spacial score (nSPS) is 18.3. The molecule has 1 aliphatic carbocycles. The van der Waals surface area contributed by atoms with E-state index in [-0.39, 0.29) is 23.4 Å². The molecule has 1 fully saturated rings. The summed E-state index contributed by atoms with van der Waals surface area (Å²) in [4.78, 5) is 25.0. The molecule has 1 aromatic carbocycles. The monoisotopic (exact) mass is 452 g/mol. The smallest absolute Gasteiger partial charge is 0.269 e. The van der Waals surface area contributed by atoms with Crippen LogP contribution in [0.1, 0.15) is 41.7 Å². The maximum absolute atomic E-state index is 13.2. The van der Waals surface area contributed by atoms with Crippen molar-refractivity contribution in [3.8, 4) is 11.3 Å². The van der Waals surface area contributed by atoms with E-state index in [1.165, 1.54) is 10.9 Å². The minimum Gasteiger partial charge on any atom is -0.364 e. The van der Waals surface area contributed by atoms with Crippen LogP contribution in [0.25, 0.3) is 16.8 Å². The molecule has 2 atom stereocenters. The van der Waals surface area contributed by atoms with E-state index in [0.717, 1.165) is 48.1 Å². The minimum absolute atomic E-state index is 0.0621. The van der Waals surface area contributed by atoms with Gasteiger partial charge in [-0.15, -0.1) is 0 Å². The number of aryl methyl sites for hydroxylation is 1. The quantitative estimate of drug-likeness (QED) is 0.523. The number of allylic oxidation sites excluding steroid dienone is 1. The number of amides is 2. The number of halogens is 1. The van der Waals surface area contributed by atoms with E-state index in [4.69, 9.17) is 17.3 Å². The van der Waals surface area contributed by atoms with E-state index in [9.17, 15) is 9.59 Å². The number of aromatic amines is 1. The number of hydrogen-bond acceptors (Lipinski definition) is 4. The lowest BCUT2D eigenvalue weighted by molar-refractivity contribution is -0.121. The van der Waals surface area contributed by atoms with Crippen LogP contribution in [0.4, 0.5) is 5.69 Å². The van der Waals surface area contributed by atoms with Gasteiger partial charge in [-0.3, -0.25) is 19.4 Å². The summed E-state index contributed by atoms with van der Waals surface area (Å²) in [5.74, 6) is -1.17. The zero-order valence-corrected chi connectivity index (χ0v) is 18.5. The Balaban J connectivity index is 1.56. The summed E-state index contributed by atoms with van der Waals surface area (Å²) >= 11 is 6.62. The van der Waals surface area contributed by atoms with Crippen LogP contribution in [0, 0.1) is 11.8 Å². The molecule has 0 spiro atoms. The molecule has 1 saturated carbocycles. The number of nitrogens with two attached hydrogens (primary N) is 1. The zero-order chi connectivity index (χ0) is 22.8. The highest BCUT2D eigenvalue weighted by molar-refractivity contribution is 6.32. The van der Waals surface area contributed by atoms with E-state index < -0.39 is 5.91 Å². The van der Waals surface area contributed by atoms with Crippen LogP contribution in [0.15, 0.2) is 43.2 Å². The van der Waals surface area contributed by atoms with Crippen molar-refractivity contribution in [2.45, 2.75) is 25.7 Å². The van der Waals surface area contributed by atoms with Crippen LogP contribution in [0.5, 0.6) is 0 Å². The van der Waals surface area contributed by atoms with Gasteiger partial charge in [0.05, 0.1) is 17.6 Å². The molecule has 0 saturated heterocycles. The highest BCUT2D eigenvalue weighted by Crippen LogP contribution is 2.41. The first-order valence-corrected chi connectivity index (χ1v) is 10.9. The summed E-state index contributed by atoms with van der Waals surface area (Å²) in [7, 11) is 1.61. The van der Waals surface area contributed by atoms with Gasteiger partial charge in [0.2, 0.25) is 5.91 Å². The van der Waals surface area contributed by atoms with Crippen LogP contribution in [-0.4, -0.2) is 31.8 Å². The fourth-order valence-electron chi connectivity index (χ4n) is 4.47. The number of hydrogen-bond donors (Lipinski definition) is 3. The molecule has 8 nitrogen and oxygen atoms in total. The molecule has 0 aliphatic heterocycles. The molecule has 4 N–H and O–H groups in total. The Morgan fingerprint density at radius 3 is 2.66 bits per heavy atom. The van der Waals surface area contributed by atoms with Crippen molar-refractivity contribution in [1.29, 1.82) is 0 Å². The number of rotatable bonds is 6. The van der Waals surface area contributed by atoms with Crippen molar-refractivity contribution in [3.05, 3.63) is 59.5 Å². The van der Waals surface area contributed by atoms with Crippen molar-refractivity contribution in [2.75, 3.05) is 5.32 Å². The predicted molar refractivity (Wildman–Crippen MR) is 124 cm³/mol. The van der Waals surface area contributed by atoms with Crippen molar-refractivity contribution in [1.82, 2.24) is 20.0 Å². The first-order chi connectivity index (χ1) is 15.4. The highest BCUT2D eigenvalue weighted by atomic mass is 35.5. The van der Waals surface area contributed by atoms with Crippen molar-refractivity contribution < 1.29 is 9.59 Å². The second kappa shape index (κ2) is 9.00. The number of H-pyrrole nitrogens is 1. The number of carbonyl (C=O) groups excluding carboxylic acids is 2. The molecule has 3 aromatic rings. The summed E-state index contributed by atoms with van der Waals surface area (Å²) in [6.45, 7) is 4.32. The molecule has 2 aromatic heterocycles. The second-order valence-corrected chi connectivity index (χ2v) is 8.48. The Labute approximate surface area is 190 Å². The molecule has 9 heteroatoms. The van der Waals surface area contributed by atoms with Gasteiger partial charge in [-0.1, -0.05) is 43.2 Å². The Morgan fingerprint density at radius 2 is 2.00 bits per heavy atom. The van der Waals surface area contributed by atoms with Crippen molar-refractivity contribution in [3.63, 3.8) is 0 Å². The first kappa shape index (κ1) is 21.8. The Morgan fingerprint density at radius 1 is 1.25 bits per heavy atom. The lowest BCUT2D eigenvalue weighted by atomic mass is 9.73. The van der Waals surface area contributed by atoms with Crippen molar-refractivity contribution in [2.24, 2.45) is 24.6 Å².